The molecule has 0 unspecified atom stereocenters. The van der Waals surface area contributed by atoms with Crippen molar-refractivity contribution in [1.29, 1.82) is 0 Å². The summed E-state index contributed by atoms with van der Waals surface area (Å²) in [5.74, 6) is 0.112. The highest BCUT2D eigenvalue weighted by Crippen LogP contribution is 2.22. The molecule has 16 heavy (non-hydrogen) atoms. The van der Waals surface area contributed by atoms with Crippen molar-refractivity contribution in [2.75, 3.05) is 13.2 Å². The van der Waals surface area contributed by atoms with Crippen LogP contribution >= 0.6 is 11.5 Å². The number of hydrogen-bond acceptors (Lipinski definition) is 5. The molecule has 0 radical (unpaired) electrons. The number of hydroxylamine groups is 2. The third kappa shape index (κ3) is 2.22. The Labute approximate surface area is 98.5 Å². The molecule has 0 aliphatic carbocycles. The van der Waals surface area contributed by atoms with E-state index in [0.29, 0.717) is 18.0 Å². The van der Waals surface area contributed by atoms with Gasteiger partial charge in [-0.3, -0.25) is 9.63 Å². The summed E-state index contributed by atoms with van der Waals surface area (Å²) < 4.78 is 3.85. The minimum absolute atomic E-state index is 0.0987. The lowest BCUT2D eigenvalue weighted by Crippen LogP contribution is -2.35. The largest absolute Gasteiger partial charge is 0.291 e. The minimum atomic E-state index is -0.0987. The summed E-state index contributed by atoms with van der Waals surface area (Å²) in [6, 6.07) is 0. The standard InChI is InChI=1S/C10H15N3O2S/c1-7(2)8-9(16-12-11-8)10(14)13-5-3-4-6-15-13/h7H,3-6H2,1-2H3. The highest BCUT2D eigenvalue weighted by atomic mass is 32.1. The molecule has 1 fully saturated rings. The van der Waals surface area contributed by atoms with Crippen molar-refractivity contribution in [2.45, 2.75) is 32.6 Å². The van der Waals surface area contributed by atoms with Crippen molar-refractivity contribution in [1.82, 2.24) is 14.7 Å². The van der Waals surface area contributed by atoms with E-state index in [0.717, 1.165) is 30.1 Å². The highest BCUT2D eigenvalue weighted by Gasteiger charge is 2.25. The van der Waals surface area contributed by atoms with Crippen molar-refractivity contribution in [3.8, 4) is 0 Å². The molecular weight excluding hydrogens is 226 g/mol. The van der Waals surface area contributed by atoms with Gasteiger partial charge in [-0.2, -0.15) is 0 Å². The fourth-order valence-corrected chi connectivity index (χ4v) is 2.35. The highest BCUT2D eigenvalue weighted by molar-refractivity contribution is 7.08. The first-order chi connectivity index (χ1) is 7.70. The van der Waals surface area contributed by atoms with Crippen molar-refractivity contribution in [3.05, 3.63) is 10.6 Å². The zero-order chi connectivity index (χ0) is 11.5. The summed E-state index contributed by atoms with van der Waals surface area (Å²) in [4.78, 5) is 18.1. The van der Waals surface area contributed by atoms with E-state index >= 15 is 0 Å². The molecule has 0 spiro atoms. The summed E-state index contributed by atoms with van der Waals surface area (Å²) in [7, 11) is 0. The first-order valence-electron chi connectivity index (χ1n) is 5.47. The van der Waals surface area contributed by atoms with Crippen LogP contribution in [0, 0.1) is 0 Å². The van der Waals surface area contributed by atoms with Crippen LogP contribution in [0.1, 0.15) is 48.0 Å². The van der Waals surface area contributed by atoms with Gasteiger partial charge in [0.25, 0.3) is 5.91 Å². The quantitative estimate of drug-likeness (QED) is 0.792. The molecule has 1 aliphatic rings. The Balaban J connectivity index is 2.16. The van der Waals surface area contributed by atoms with E-state index in [1.165, 1.54) is 5.06 Å². The lowest BCUT2D eigenvalue weighted by Gasteiger charge is -2.25. The normalized spacial score (nSPS) is 16.8. The van der Waals surface area contributed by atoms with E-state index in [-0.39, 0.29) is 11.8 Å². The molecule has 0 aromatic carbocycles. The predicted octanol–water partition coefficient (Wildman–Crippen LogP) is 1.83. The fraction of sp³-hybridized carbons (Fsp3) is 0.700. The molecule has 1 aliphatic heterocycles. The lowest BCUT2D eigenvalue weighted by atomic mass is 10.1. The van der Waals surface area contributed by atoms with Gasteiger partial charge in [0, 0.05) is 6.54 Å². The molecule has 0 atom stereocenters. The van der Waals surface area contributed by atoms with Crippen LogP contribution in [0.2, 0.25) is 0 Å². The van der Waals surface area contributed by atoms with E-state index in [9.17, 15) is 4.79 Å². The van der Waals surface area contributed by atoms with E-state index in [1.54, 1.807) is 0 Å². The predicted molar refractivity (Wildman–Crippen MR) is 60.2 cm³/mol. The summed E-state index contributed by atoms with van der Waals surface area (Å²) in [5, 5.41) is 5.43. The molecule has 1 amide bonds. The third-order valence-electron chi connectivity index (χ3n) is 2.48. The number of rotatable bonds is 2. The molecule has 88 valence electrons. The maximum atomic E-state index is 12.1. The van der Waals surface area contributed by atoms with Crippen LogP contribution in [0.15, 0.2) is 0 Å². The number of nitrogens with zero attached hydrogens (tertiary/aromatic N) is 3. The Morgan fingerprint density at radius 2 is 2.31 bits per heavy atom. The van der Waals surface area contributed by atoms with E-state index in [1.807, 2.05) is 13.8 Å². The van der Waals surface area contributed by atoms with Gasteiger partial charge in [0.05, 0.1) is 12.3 Å². The van der Waals surface area contributed by atoms with E-state index in [4.69, 9.17) is 4.84 Å². The van der Waals surface area contributed by atoms with Crippen LogP contribution in [0.5, 0.6) is 0 Å². The smallest absolute Gasteiger partial charge is 0.271 e. The number of aromatic nitrogens is 2. The molecule has 0 bridgehead atoms. The second-order valence-corrected chi connectivity index (χ2v) is 4.84. The Morgan fingerprint density at radius 1 is 1.50 bits per heavy atom. The molecule has 0 saturated carbocycles. The van der Waals surface area contributed by atoms with Crippen LogP contribution in [0.25, 0.3) is 0 Å². The zero-order valence-electron chi connectivity index (χ0n) is 9.47. The van der Waals surface area contributed by atoms with E-state index in [2.05, 4.69) is 9.59 Å². The molecule has 1 aromatic rings. The first kappa shape index (κ1) is 11.5. The monoisotopic (exact) mass is 241 g/mol. The molecule has 0 N–H and O–H groups in total. The van der Waals surface area contributed by atoms with Gasteiger partial charge in [-0.25, -0.2) is 5.06 Å². The van der Waals surface area contributed by atoms with Crippen LogP contribution in [-0.4, -0.2) is 33.7 Å². The first-order valence-corrected chi connectivity index (χ1v) is 6.24. The maximum Gasteiger partial charge on any atom is 0.291 e. The molecule has 6 heteroatoms. The van der Waals surface area contributed by atoms with Crippen LogP contribution in [0.3, 0.4) is 0 Å². The molecule has 2 rings (SSSR count). The number of amides is 1. The summed E-state index contributed by atoms with van der Waals surface area (Å²) in [5.41, 5.74) is 0.768. The molecule has 5 nitrogen and oxygen atoms in total. The van der Waals surface area contributed by atoms with Gasteiger partial charge in [0.2, 0.25) is 0 Å². The Morgan fingerprint density at radius 3 is 2.94 bits per heavy atom. The van der Waals surface area contributed by atoms with Gasteiger partial charge in [0.15, 0.2) is 0 Å². The molecule has 1 aromatic heterocycles. The van der Waals surface area contributed by atoms with Crippen molar-refractivity contribution in [3.63, 3.8) is 0 Å². The van der Waals surface area contributed by atoms with E-state index < -0.39 is 0 Å². The van der Waals surface area contributed by atoms with Crippen LogP contribution in [-0.2, 0) is 4.84 Å². The number of hydrogen-bond donors (Lipinski definition) is 0. The average molecular weight is 241 g/mol. The number of carbonyl (C=O) groups is 1. The lowest BCUT2D eigenvalue weighted by molar-refractivity contribution is -0.144. The minimum Gasteiger partial charge on any atom is -0.271 e. The average Bonchev–Trinajstić information content (AvgIpc) is 2.78. The van der Waals surface area contributed by atoms with Gasteiger partial charge < -0.3 is 0 Å². The zero-order valence-corrected chi connectivity index (χ0v) is 10.3. The van der Waals surface area contributed by atoms with Gasteiger partial charge in [-0.1, -0.05) is 18.3 Å². The van der Waals surface area contributed by atoms with Gasteiger partial charge in [-0.15, -0.1) is 5.10 Å². The summed E-state index contributed by atoms with van der Waals surface area (Å²) in [6.45, 7) is 5.29. The maximum absolute atomic E-state index is 12.1. The second kappa shape index (κ2) is 4.88. The second-order valence-electron chi connectivity index (χ2n) is 4.09. The third-order valence-corrected chi connectivity index (χ3v) is 3.21. The Kier molecular flexibility index (Phi) is 3.50. The van der Waals surface area contributed by atoms with Crippen LogP contribution in [0.4, 0.5) is 0 Å². The van der Waals surface area contributed by atoms with Crippen molar-refractivity contribution in [2.24, 2.45) is 0 Å². The topological polar surface area (TPSA) is 55.3 Å². The van der Waals surface area contributed by atoms with Crippen molar-refractivity contribution >= 4 is 17.4 Å². The molecule has 2 heterocycles. The van der Waals surface area contributed by atoms with Gasteiger partial charge in [-0.05, 0) is 30.3 Å². The SMILES string of the molecule is CC(C)c1nnsc1C(=O)N1CCCCO1. The van der Waals surface area contributed by atoms with Crippen LogP contribution < -0.4 is 0 Å². The van der Waals surface area contributed by atoms with Gasteiger partial charge >= 0.3 is 0 Å². The Hall–Kier alpha value is -1.01. The van der Waals surface area contributed by atoms with Crippen molar-refractivity contribution < 1.29 is 9.63 Å². The molecule has 1 saturated heterocycles. The molecular formula is C10H15N3O2S. The van der Waals surface area contributed by atoms with Gasteiger partial charge in [0.1, 0.15) is 4.88 Å². The summed E-state index contributed by atoms with van der Waals surface area (Å²) >= 11 is 1.15. The summed E-state index contributed by atoms with van der Waals surface area (Å²) in [6.07, 6.45) is 2.01. The number of carbonyl (C=O) groups excluding carboxylic acids is 1. The fourth-order valence-electron chi connectivity index (χ4n) is 1.59. The Bertz CT molecular complexity index is 372.